The molecule has 11 heteroatoms. The molecule has 1 aliphatic heterocycles. The Hall–Kier alpha value is -4.28. The van der Waals surface area contributed by atoms with Gasteiger partial charge in [0.05, 0.1) is 5.56 Å². The lowest BCUT2D eigenvalue weighted by molar-refractivity contribution is -0.170. The van der Waals surface area contributed by atoms with Crippen LogP contribution in [0.2, 0.25) is 0 Å². The number of nitrogens with zero attached hydrogens (tertiary/aromatic N) is 3. The second-order valence-corrected chi connectivity index (χ2v) is 10.2. The Kier molecular flexibility index (Phi) is 7.55. The lowest BCUT2D eigenvalue weighted by Crippen LogP contribution is -2.59. The van der Waals surface area contributed by atoms with E-state index in [1.807, 2.05) is 18.2 Å². The van der Waals surface area contributed by atoms with Gasteiger partial charge in [-0.25, -0.2) is 4.98 Å². The van der Waals surface area contributed by atoms with E-state index in [1.165, 1.54) is 6.20 Å². The fourth-order valence-electron chi connectivity index (χ4n) is 5.51. The molecule has 0 saturated carbocycles. The van der Waals surface area contributed by atoms with Gasteiger partial charge in [0, 0.05) is 42.4 Å². The first-order chi connectivity index (χ1) is 19.1. The van der Waals surface area contributed by atoms with Crippen molar-refractivity contribution < 1.29 is 27.6 Å². The summed E-state index contributed by atoms with van der Waals surface area (Å²) in [5, 5.41) is 5.43. The summed E-state index contributed by atoms with van der Waals surface area (Å²) in [5.74, 6) is -1.93. The van der Waals surface area contributed by atoms with Gasteiger partial charge in [-0.3, -0.25) is 19.4 Å². The van der Waals surface area contributed by atoms with Gasteiger partial charge < -0.3 is 15.5 Å². The smallest absolute Gasteiger partial charge is 0.340 e. The zero-order valence-electron chi connectivity index (χ0n) is 21.7. The number of alkyl halides is 3. The number of benzene rings is 1. The fourth-order valence-corrected chi connectivity index (χ4v) is 5.51. The summed E-state index contributed by atoms with van der Waals surface area (Å²) in [6, 6.07) is 14.0. The molecule has 0 bridgehead atoms. The molecule has 1 saturated heterocycles. The first kappa shape index (κ1) is 27.3. The molecule has 0 spiro atoms. The molecule has 2 aliphatic rings. The number of carbonyl (C=O) groups is 3. The van der Waals surface area contributed by atoms with Gasteiger partial charge in [0.2, 0.25) is 11.8 Å². The Morgan fingerprint density at radius 2 is 1.80 bits per heavy atom. The molecule has 5 rings (SSSR count). The monoisotopic (exact) mass is 551 g/mol. The van der Waals surface area contributed by atoms with Crippen LogP contribution in [0.4, 0.5) is 19.0 Å². The van der Waals surface area contributed by atoms with Gasteiger partial charge in [0.25, 0.3) is 5.91 Å². The molecule has 1 aromatic carbocycles. The molecule has 2 aromatic heterocycles. The molecule has 8 nitrogen and oxygen atoms in total. The summed E-state index contributed by atoms with van der Waals surface area (Å²) in [5.41, 5.74) is 2.40. The van der Waals surface area contributed by atoms with Crippen molar-refractivity contribution >= 4 is 23.5 Å². The Bertz CT molecular complexity index is 1400. The Morgan fingerprint density at radius 1 is 1.05 bits per heavy atom. The maximum absolute atomic E-state index is 13.4. The molecular formula is C29H28F3N5O3. The van der Waals surface area contributed by atoms with Crippen molar-refractivity contribution in [2.75, 3.05) is 11.9 Å². The highest BCUT2D eigenvalue weighted by molar-refractivity contribution is 5.98. The molecule has 1 aliphatic carbocycles. The second kappa shape index (κ2) is 11.1. The number of anilines is 1. The van der Waals surface area contributed by atoms with Crippen molar-refractivity contribution in [1.82, 2.24) is 20.2 Å². The number of amides is 3. The van der Waals surface area contributed by atoms with E-state index in [1.54, 1.807) is 49.5 Å². The maximum atomic E-state index is 13.4. The van der Waals surface area contributed by atoms with Crippen LogP contribution in [0.1, 0.15) is 46.4 Å². The van der Waals surface area contributed by atoms with Crippen LogP contribution in [0.5, 0.6) is 0 Å². The van der Waals surface area contributed by atoms with Crippen molar-refractivity contribution in [2.45, 2.75) is 50.4 Å². The van der Waals surface area contributed by atoms with E-state index >= 15 is 0 Å². The van der Waals surface area contributed by atoms with E-state index in [0.29, 0.717) is 24.4 Å². The zero-order chi connectivity index (χ0) is 28.4. The minimum Gasteiger partial charge on any atom is -0.340 e. The standard InChI is InChI=1S/C29H28F3N5O3/c1-17-22(18-7-3-2-4-8-18)14-24(28(40)37(17)16-29(30,31)32)35-27(39)21-12-19-11-20(13-23(19)34-15-21)26(38)36-25-9-5-6-10-33-25/h2-10,12,15,17,20,22,24H,11,13-14,16H2,1H3,(H,35,39)(H,33,36,38). The summed E-state index contributed by atoms with van der Waals surface area (Å²) in [4.78, 5) is 48.4. The predicted molar refractivity (Wildman–Crippen MR) is 140 cm³/mol. The van der Waals surface area contributed by atoms with Crippen LogP contribution in [0, 0.1) is 5.92 Å². The minimum absolute atomic E-state index is 0.165. The van der Waals surface area contributed by atoms with Gasteiger partial charge >= 0.3 is 6.18 Å². The van der Waals surface area contributed by atoms with Crippen LogP contribution in [0.15, 0.2) is 67.0 Å². The molecule has 40 heavy (non-hydrogen) atoms. The number of hydrogen-bond acceptors (Lipinski definition) is 5. The Morgan fingerprint density at radius 3 is 2.50 bits per heavy atom. The number of fused-ring (bicyclic) bond motifs is 1. The number of aromatic nitrogens is 2. The molecule has 4 atom stereocenters. The van der Waals surface area contributed by atoms with Crippen molar-refractivity contribution in [2.24, 2.45) is 5.92 Å². The molecule has 2 N–H and O–H groups in total. The SMILES string of the molecule is CC1C(c2ccccc2)CC(NC(=O)c2cnc3c(c2)CC(C(=O)Nc2ccccn2)C3)C(=O)N1CC(F)(F)F. The number of carbonyl (C=O) groups excluding carboxylic acids is 3. The van der Waals surface area contributed by atoms with E-state index in [4.69, 9.17) is 0 Å². The average molecular weight is 552 g/mol. The van der Waals surface area contributed by atoms with Gasteiger partial charge in [0.1, 0.15) is 18.4 Å². The van der Waals surface area contributed by atoms with Gasteiger partial charge in [0.15, 0.2) is 0 Å². The zero-order valence-corrected chi connectivity index (χ0v) is 21.7. The van der Waals surface area contributed by atoms with E-state index in [-0.39, 0.29) is 23.8 Å². The van der Waals surface area contributed by atoms with Crippen molar-refractivity contribution in [3.8, 4) is 0 Å². The molecule has 0 radical (unpaired) electrons. The molecule has 208 valence electrons. The average Bonchev–Trinajstić information content (AvgIpc) is 3.37. The van der Waals surface area contributed by atoms with E-state index < -0.39 is 42.5 Å². The topological polar surface area (TPSA) is 104 Å². The number of halogens is 3. The lowest BCUT2D eigenvalue weighted by Gasteiger charge is -2.43. The summed E-state index contributed by atoms with van der Waals surface area (Å²) in [6.07, 6.45) is -0.699. The summed E-state index contributed by atoms with van der Waals surface area (Å²) in [7, 11) is 0. The van der Waals surface area contributed by atoms with Crippen LogP contribution in [0.25, 0.3) is 0 Å². The summed E-state index contributed by atoms with van der Waals surface area (Å²) < 4.78 is 40.2. The van der Waals surface area contributed by atoms with Crippen molar-refractivity contribution in [3.63, 3.8) is 0 Å². The molecule has 1 fully saturated rings. The van der Waals surface area contributed by atoms with Crippen LogP contribution in [0.3, 0.4) is 0 Å². The highest BCUT2D eigenvalue weighted by Crippen LogP contribution is 2.35. The predicted octanol–water partition coefficient (Wildman–Crippen LogP) is 3.90. The third-order valence-electron chi connectivity index (χ3n) is 7.54. The Balaban J connectivity index is 1.30. The number of rotatable bonds is 6. The minimum atomic E-state index is -4.58. The first-order valence-corrected chi connectivity index (χ1v) is 13.0. The summed E-state index contributed by atoms with van der Waals surface area (Å²) in [6.45, 7) is 0.204. The highest BCUT2D eigenvalue weighted by Gasteiger charge is 2.45. The lowest BCUT2D eigenvalue weighted by atomic mass is 9.81. The van der Waals surface area contributed by atoms with Crippen LogP contribution in [-0.2, 0) is 22.4 Å². The third-order valence-corrected chi connectivity index (χ3v) is 7.54. The molecular weight excluding hydrogens is 523 g/mol. The van der Waals surface area contributed by atoms with Crippen LogP contribution in [-0.4, -0.2) is 57.4 Å². The highest BCUT2D eigenvalue weighted by atomic mass is 19.4. The second-order valence-electron chi connectivity index (χ2n) is 10.2. The number of pyridine rings is 2. The maximum Gasteiger partial charge on any atom is 0.406 e. The Labute approximate surface area is 229 Å². The van der Waals surface area contributed by atoms with E-state index in [9.17, 15) is 27.6 Å². The van der Waals surface area contributed by atoms with Crippen molar-refractivity contribution in [1.29, 1.82) is 0 Å². The number of piperidine rings is 1. The summed E-state index contributed by atoms with van der Waals surface area (Å²) >= 11 is 0. The van der Waals surface area contributed by atoms with E-state index in [2.05, 4.69) is 20.6 Å². The van der Waals surface area contributed by atoms with E-state index in [0.717, 1.165) is 16.0 Å². The van der Waals surface area contributed by atoms with Gasteiger partial charge in [-0.1, -0.05) is 36.4 Å². The largest absolute Gasteiger partial charge is 0.406 e. The molecule has 3 heterocycles. The quantitative estimate of drug-likeness (QED) is 0.484. The van der Waals surface area contributed by atoms with Gasteiger partial charge in [-0.2, -0.15) is 13.2 Å². The van der Waals surface area contributed by atoms with Crippen LogP contribution >= 0.6 is 0 Å². The van der Waals surface area contributed by atoms with Crippen LogP contribution < -0.4 is 10.6 Å². The number of hydrogen-bond donors (Lipinski definition) is 2. The first-order valence-electron chi connectivity index (χ1n) is 13.0. The molecule has 3 aromatic rings. The molecule has 3 amide bonds. The normalized spacial score (nSPS) is 22.5. The van der Waals surface area contributed by atoms with Gasteiger partial charge in [-0.05, 0) is 49.1 Å². The van der Waals surface area contributed by atoms with Crippen molar-refractivity contribution in [3.05, 3.63) is 89.4 Å². The van der Waals surface area contributed by atoms with Gasteiger partial charge in [-0.15, -0.1) is 0 Å². The number of likely N-dealkylation sites (tertiary alicyclic amines) is 1. The fraction of sp³-hybridized carbons (Fsp3) is 0.345. The third kappa shape index (κ3) is 5.98. The number of nitrogens with one attached hydrogen (secondary N) is 2. The molecule has 4 unspecified atom stereocenters.